The number of hydrogen-bond acceptors (Lipinski definition) is 11. The van der Waals surface area contributed by atoms with Gasteiger partial charge in [-0.3, -0.25) is 0 Å². The number of aromatic hydroxyl groups is 1. The van der Waals surface area contributed by atoms with Crippen LogP contribution in [0.1, 0.15) is 5.56 Å². The average molecular weight is 444 g/mol. The van der Waals surface area contributed by atoms with Crippen LogP contribution in [0.15, 0.2) is 30.3 Å². The van der Waals surface area contributed by atoms with Gasteiger partial charge in [-0.05, 0) is 17.7 Å². The van der Waals surface area contributed by atoms with Crippen LogP contribution in [0.3, 0.4) is 0 Å². The molecular formula is C20H28O11. The van der Waals surface area contributed by atoms with E-state index in [4.69, 9.17) is 18.9 Å². The molecule has 9 atom stereocenters. The summed E-state index contributed by atoms with van der Waals surface area (Å²) in [4.78, 5) is 0. The summed E-state index contributed by atoms with van der Waals surface area (Å²) in [7, 11) is 0. The minimum absolute atomic E-state index is 0.0214. The van der Waals surface area contributed by atoms with Crippen LogP contribution in [0.5, 0.6) is 5.75 Å². The zero-order valence-electron chi connectivity index (χ0n) is 16.5. The molecule has 174 valence electrons. The van der Waals surface area contributed by atoms with Gasteiger partial charge in [0, 0.05) is 0 Å². The molecule has 7 N–H and O–H groups in total. The number of ether oxygens (including phenoxy) is 4. The first-order valence-corrected chi connectivity index (χ1v) is 9.82. The predicted octanol–water partition coefficient (Wildman–Crippen LogP) is -2.31. The maximum absolute atomic E-state index is 10.2. The lowest BCUT2D eigenvalue weighted by Gasteiger charge is -2.41. The summed E-state index contributed by atoms with van der Waals surface area (Å²) < 4.78 is 21.4. The zero-order chi connectivity index (χ0) is 22.5. The van der Waals surface area contributed by atoms with Crippen LogP contribution in [0, 0.1) is 0 Å². The van der Waals surface area contributed by atoms with Crippen molar-refractivity contribution in [2.24, 2.45) is 0 Å². The first kappa shape index (κ1) is 24.0. The van der Waals surface area contributed by atoms with Crippen LogP contribution in [-0.4, -0.2) is 111 Å². The topological polar surface area (TPSA) is 179 Å². The van der Waals surface area contributed by atoms with Crippen molar-refractivity contribution >= 4 is 6.08 Å². The zero-order valence-corrected chi connectivity index (χ0v) is 16.5. The summed E-state index contributed by atoms with van der Waals surface area (Å²) >= 11 is 0. The smallest absolute Gasteiger partial charge is 0.187 e. The first-order valence-electron chi connectivity index (χ1n) is 9.82. The Balaban J connectivity index is 1.51. The fourth-order valence-electron chi connectivity index (χ4n) is 3.23. The van der Waals surface area contributed by atoms with Crippen molar-refractivity contribution in [3.05, 3.63) is 35.9 Å². The molecule has 2 heterocycles. The molecule has 2 saturated heterocycles. The molecule has 2 aliphatic heterocycles. The molecule has 0 radical (unpaired) electrons. The number of aliphatic hydroxyl groups is 6. The van der Waals surface area contributed by atoms with Gasteiger partial charge in [-0.25, -0.2) is 0 Å². The van der Waals surface area contributed by atoms with E-state index in [9.17, 15) is 35.7 Å². The molecule has 0 saturated carbocycles. The van der Waals surface area contributed by atoms with Crippen LogP contribution < -0.4 is 0 Å². The summed E-state index contributed by atoms with van der Waals surface area (Å²) in [5.74, 6) is 0.143. The van der Waals surface area contributed by atoms with Gasteiger partial charge in [0.15, 0.2) is 12.6 Å². The number of rotatable bonds is 7. The van der Waals surface area contributed by atoms with E-state index in [2.05, 4.69) is 0 Å². The lowest BCUT2D eigenvalue weighted by molar-refractivity contribution is -0.319. The minimum Gasteiger partial charge on any atom is -0.508 e. The molecule has 0 spiro atoms. The van der Waals surface area contributed by atoms with Crippen molar-refractivity contribution < 1.29 is 54.7 Å². The fraction of sp³-hybridized carbons (Fsp3) is 0.600. The van der Waals surface area contributed by atoms with Crippen LogP contribution in [0.4, 0.5) is 0 Å². The van der Waals surface area contributed by atoms with Crippen molar-refractivity contribution in [2.45, 2.75) is 55.3 Å². The molecule has 0 unspecified atom stereocenters. The monoisotopic (exact) mass is 444 g/mol. The Bertz CT molecular complexity index is 712. The molecule has 3 rings (SSSR count). The van der Waals surface area contributed by atoms with Gasteiger partial charge in [-0.2, -0.15) is 0 Å². The lowest BCUT2D eigenvalue weighted by atomic mass is 9.99. The van der Waals surface area contributed by atoms with Crippen LogP contribution in [0.2, 0.25) is 0 Å². The van der Waals surface area contributed by atoms with Gasteiger partial charge in [0.1, 0.15) is 48.5 Å². The summed E-state index contributed by atoms with van der Waals surface area (Å²) in [5.41, 5.74) is 0.812. The molecule has 2 aliphatic rings. The highest BCUT2D eigenvalue weighted by molar-refractivity contribution is 5.50. The summed E-state index contributed by atoms with van der Waals surface area (Å²) in [5, 5.41) is 68.7. The van der Waals surface area contributed by atoms with Gasteiger partial charge in [-0.1, -0.05) is 24.3 Å². The molecule has 2 fully saturated rings. The SMILES string of the molecule is Oc1ccc(C=CCO[C@@H]2O[C@H](CO[C@@H]3OC[C@@H](O)[C@H](O)[C@H]3O)[C@@H](O)[C@H](O)[C@H]2O)cc1. The van der Waals surface area contributed by atoms with Crippen LogP contribution in [-0.2, 0) is 18.9 Å². The second-order valence-electron chi connectivity index (χ2n) is 7.43. The van der Waals surface area contributed by atoms with Crippen LogP contribution >= 0.6 is 0 Å². The Labute approximate surface area is 178 Å². The van der Waals surface area contributed by atoms with Gasteiger partial charge in [0.05, 0.1) is 19.8 Å². The Morgan fingerprint density at radius 3 is 2.23 bits per heavy atom. The lowest BCUT2D eigenvalue weighted by Crippen LogP contribution is -2.60. The van der Waals surface area contributed by atoms with E-state index in [0.717, 1.165) is 5.56 Å². The highest BCUT2D eigenvalue weighted by Crippen LogP contribution is 2.24. The predicted molar refractivity (Wildman–Crippen MR) is 103 cm³/mol. The largest absolute Gasteiger partial charge is 0.508 e. The normalized spacial score (nSPS) is 39.1. The Kier molecular flexibility index (Phi) is 8.36. The number of phenols is 1. The van der Waals surface area contributed by atoms with E-state index in [-0.39, 0.29) is 25.6 Å². The molecule has 0 aromatic heterocycles. The van der Waals surface area contributed by atoms with Crippen molar-refractivity contribution in [3.8, 4) is 5.75 Å². The van der Waals surface area contributed by atoms with Gasteiger partial charge in [0.2, 0.25) is 0 Å². The van der Waals surface area contributed by atoms with Gasteiger partial charge in [0.25, 0.3) is 0 Å². The maximum atomic E-state index is 10.2. The third kappa shape index (κ3) is 5.99. The molecule has 31 heavy (non-hydrogen) atoms. The van der Waals surface area contributed by atoms with E-state index in [0.29, 0.717) is 0 Å². The van der Waals surface area contributed by atoms with Crippen molar-refractivity contribution in [3.63, 3.8) is 0 Å². The molecule has 1 aromatic rings. The maximum Gasteiger partial charge on any atom is 0.187 e. The molecule has 11 nitrogen and oxygen atoms in total. The second-order valence-corrected chi connectivity index (χ2v) is 7.43. The van der Waals surface area contributed by atoms with Crippen molar-refractivity contribution in [2.75, 3.05) is 19.8 Å². The summed E-state index contributed by atoms with van der Waals surface area (Å²) in [6.07, 6.45) is -9.10. The van der Waals surface area contributed by atoms with Crippen molar-refractivity contribution in [1.82, 2.24) is 0 Å². The molecule has 0 aliphatic carbocycles. The number of aliphatic hydroxyl groups excluding tert-OH is 6. The molecule has 0 amide bonds. The van der Waals surface area contributed by atoms with Gasteiger partial charge >= 0.3 is 0 Å². The molecule has 11 heteroatoms. The molecular weight excluding hydrogens is 416 g/mol. The summed E-state index contributed by atoms with van der Waals surface area (Å²) in [6, 6.07) is 6.46. The first-order chi connectivity index (χ1) is 14.8. The van der Waals surface area contributed by atoms with E-state index in [1.165, 1.54) is 12.1 Å². The van der Waals surface area contributed by atoms with Crippen molar-refractivity contribution in [1.29, 1.82) is 0 Å². The third-order valence-electron chi connectivity index (χ3n) is 5.11. The third-order valence-corrected chi connectivity index (χ3v) is 5.11. The minimum atomic E-state index is -1.57. The highest BCUT2D eigenvalue weighted by atomic mass is 16.7. The van der Waals surface area contributed by atoms with Gasteiger partial charge < -0.3 is 54.7 Å². The Morgan fingerprint density at radius 1 is 0.839 bits per heavy atom. The fourth-order valence-corrected chi connectivity index (χ4v) is 3.23. The summed E-state index contributed by atoms with van der Waals surface area (Å²) in [6.45, 7) is -0.580. The number of benzene rings is 1. The molecule has 1 aromatic carbocycles. The van der Waals surface area contributed by atoms with E-state index < -0.39 is 55.3 Å². The molecule has 0 bridgehead atoms. The van der Waals surface area contributed by atoms with Crippen LogP contribution in [0.25, 0.3) is 6.08 Å². The number of hydrogen-bond donors (Lipinski definition) is 7. The van der Waals surface area contributed by atoms with E-state index >= 15 is 0 Å². The van der Waals surface area contributed by atoms with Gasteiger partial charge in [-0.15, -0.1) is 0 Å². The van der Waals surface area contributed by atoms with E-state index in [1.807, 2.05) is 0 Å². The quantitative estimate of drug-likeness (QED) is 0.240. The standard InChI is InChI=1S/C20H28O11/c21-11-5-3-10(4-6-11)2-1-7-28-20-18(27)16(25)15(24)13(31-20)9-30-19-17(26)14(23)12(22)8-29-19/h1-6,12-27H,7-9H2/t12-,13-,14+,15-,16+,17-,18-,19+,20-/m1/s1. The number of phenolic OH excluding ortho intramolecular Hbond substituents is 1. The second kappa shape index (κ2) is 10.8. The van der Waals surface area contributed by atoms with E-state index in [1.54, 1.807) is 24.3 Å². The Morgan fingerprint density at radius 2 is 1.52 bits per heavy atom. The highest BCUT2D eigenvalue weighted by Gasteiger charge is 2.45. The Hall–Kier alpha value is -1.64. The average Bonchev–Trinajstić information content (AvgIpc) is 2.76.